The number of carboxylic acid groups (broad SMARTS) is 1. The second-order valence-corrected chi connectivity index (χ2v) is 12.5. The molecule has 210 valence electrons. The van der Waals surface area contributed by atoms with Gasteiger partial charge in [0.25, 0.3) is 5.91 Å². The third-order valence-corrected chi connectivity index (χ3v) is 7.99. The van der Waals surface area contributed by atoms with E-state index in [1.165, 1.54) is 4.90 Å². The first kappa shape index (κ1) is 31.5. The van der Waals surface area contributed by atoms with E-state index >= 15 is 0 Å². The summed E-state index contributed by atoms with van der Waals surface area (Å²) in [5, 5.41) is 19.7. The lowest BCUT2D eigenvalue weighted by atomic mass is 9.75. The molecule has 1 amide bonds. The van der Waals surface area contributed by atoms with E-state index in [-0.39, 0.29) is 16.9 Å². The molecule has 0 radical (unpaired) electrons. The van der Waals surface area contributed by atoms with E-state index < -0.39 is 47.3 Å². The molecule has 0 aliphatic carbocycles. The smallest absolute Gasteiger partial charge is 0.335 e. The van der Waals surface area contributed by atoms with Gasteiger partial charge in [0.15, 0.2) is 0 Å². The summed E-state index contributed by atoms with van der Waals surface area (Å²) in [5.41, 5.74) is -0.913. The second kappa shape index (κ2) is 11.6. The highest BCUT2D eigenvalue weighted by Crippen LogP contribution is 2.47. The van der Waals surface area contributed by atoms with E-state index in [2.05, 4.69) is 11.8 Å². The Morgan fingerprint density at radius 3 is 2.26 bits per heavy atom. The first-order valence-electron chi connectivity index (χ1n) is 13.2. The zero-order valence-corrected chi connectivity index (χ0v) is 23.9. The number of rotatable bonds is 11. The number of hydrogen-bond donors (Lipinski definition) is 2. The summed E-state index contributed by atoms with van der Waals surface area (Å²) in [5.74, 6) is 0.0282. The van der Waals surface area contributed by atoms with E-state index in [1.54, 1.807) is 43.3 Å². The van der Waals surface area contributed by atoms with Crippen LogP contribution in [-0.4, -0.2) is 50.6 Å². The number of alkyl halides is 2. The third kappa shape index (κ3) is 7.22. The summed E-state index contributed by atoms with van der Waals surface area (Å²) in [6.45, 7) is 15.0. The molecule has 0 aromatic heterocycles. The van der Waals surface area contributed by atoms with Crippen molar-refractivity contribution >= 4 is 11.9 Å². The van der Waals surface area contributed by atoms with Gasteiger partial charge < -0.3 is 15.1 Å². The summed E-state index contributed by atoms with van der Waals surface area (Å²) < 4.78 is 29.8. The first-order chi connectivity index (χ1) is 17.4. The zero-order chi connectivity index (χ0) is 29.1. The monoisotopic (exact) mass is 531 g/mol. The number of aliphatic hydroxyl groups is 1. The highest BCUT2D eigenvalue weighted by molar-refractivity contribution is 5.88. The van der Waals surface area contributed by atoms with Crippen molar-refractivity contribution in [1.29, 1.82) is 0 Å². The predicted octanol–water partition coefficient (Wildman–Crippen LogP) is 6.45. The fraction of sp³-hybridized carbons (Fsp3) is 0.613. The summed E-state index contributed by atoms with van der Waals surface area (Å²) >= 11 is 0. The van der Waals surface area contributed by atoms with Crippen molar-refractivity contribution in [2.45, 2.75) is 110 Å². The van der Waals surface area contributed by atoms with Crippen LogP contribution >= 0.6 is 0 Å². The van der Waals surface area contributed by atoms with Gasteiger partial charge in [-0.05, 0) is 62.6 Å². The lowest BCUT2D eigenvalue weighted by Gasteiger charge is -2.46. The van der Waals surface area contributed by atoms with Crippen molar-refractivity contribution in [2.75, 3.05) is 0 Å². The molecule has 1 fully saturated rings. The second-order valence-electron chi connectivity index (χ2n) is 12.5. The molecule has 1 heterocycles. The number of carboxylic acids is 1. The minimum absolute atomic E-state index is 0.111. The average Bonchev–Trinajstić information content (AvgIpc) is 3.10. The fourth-order valence-corrected chi connectivity index (χ4v) is 5.01. The Bertz CT molecular complexity index is 1090. The van der Waals surface area contributed by atoms with E-state index in [0.717, 1.165) is 5.56 Å². The number of carbonyl (C=O) groups excluding carboxylic acids is 1. The van der Waals surface area contributed by atoms with Crippen molar-refractivity contribution in [1.82, 2.24) is 4.90 Å². The summed E-state index contributed by atoms with van der Waals surface area (Å²) in [7, 11) is 0. The Hall–Kier alpha value is -2.72. The number of benzene rings is 1. The van der Waals surface area contributed by atoms with Crippen LogP contribution in [0.15, 0.2) is 36.4 Å². The number of amides is 1. The quantitative estimate of drug-likeness (QED) is 0.254. The van der Waals surface area contributed by atoms with Crippen LogP contribution < -0.4 is 0 Å². The predicted molar refractivity (Wildman–Crippen MR) is 146 cm³/mol. The third-order valence-electron chi connectivity index (χ3n) is 7.99. The molecule has 2 N–H and O–H groups in total. The molecule has 0 bridgehead atoms. The first-order valence-corrected chi connectivity index (χ1v) is 13.2. The van der Waals surface area contributed by atoms with Crippen LogP contribution in [0.5, 0.6) is 0 Å². The van der Waals surface area contributed by atoms with Crippen LogP contribution in [-0.2, 0) is 10.2 Å². The molecule has 2 rings (SSSR count). The number of hydrogen-bond acceptors (Lipinski definition) is 3. The van der Waals surface area contributed by atoms with Crippen LogP contribution in [0.1, 0.15) is 97.0 Å². The van der Waals surface area contributed by atoms with E-state index in [1.807, 2.05) is 48.5 Å². The van der Waals surface area contributed by atoms with Crippen molar-refractivity contribution in [3.05, 3.63) is 47.5 Å². The molecule has 3 atom stereocenters. The molecule has 1 saturated heterocycles. The number of likely N-dealkylation sites (tertiary alicyclic amines) is 1. The molecule has 1 aromatic rings. The summed E-state index contributed by atoms with van der Waals surface area (Å²) in [6.07, 6.45) is 3.62. The molecular weight excluding hydrogens is 488 g/mol. The minimum Gasteiger partial charge on any atom is -0.478 e. The van der Waals surface area contributed by atoms with Gasteiger partial charge in [-0.15, -0.1) is 11.8 Å². The maximum Gasteiger partial charge on any atom is 0.335 e. The van der Waals surface area contributed by atoms with Crippen LogP contribution in [0.25, 0.3) is 0 Å². The Morgan fingerprint density at radius 2 is 1.74 bits per heavy atom. The van der Waals surface area contributed by atoms with E-state index in [0.29, 0.717) is 19.3 Å². The van der Waals surface area contributed by atoms with Gasteiger partial charge in [0, 0.05) is 29.8 Å². The molecular formula is C31H43F2NO4. The van der Waals surface area contributed by atoms with Gasteiger partial charge in [-0.2, -0.15) is 8.78 Å². The minimum atomic E-state index is -3.46. The molecule has 0 spiro atoms. The maximum absolute atomic E-state index is 14.9. The van der Waals surface area contributed by atoms with Gasteiger partial charge in [-0.25, -0.2) is 4.79 Å². The number of nitrogens with zero attached hydrogens (tertiary/aromatic N) is 1. The highest BCUT2D eigenvalue weighted by Gasteiger charge is 2.60. The fourth-order valence-electron chi connectivity index (χ4n) is 5.01. The Balaban J connectivity index is 2.28. The van der Waals surface area contributed by atoms with Crippen molar-refractivity contribution in [3.8, 4) is 11.8 Å². The molecule has 0 saturated carbocycles. The van der Waals surface area contributed by atoms with Gasteiger partial charge in [0.05, 0.1) is 11.7 Å². The molecule has 1 aromatic carbocycles. The Morgan fingerprint density at radius 1 is 1.16 bits per heavy atom. The molecule has 5 nitrogen and oxygen atoms in total. The normalized spacial score (nSPS) is 19.8. The molecule has 1 unspecified atom stereocenters. The lowest BCUT2D eigenvalue weighted by Crippen LogP contribution is -2.54. The van der Waals surface area contributed by atoms with Gasteiger partial charge >= 0.3 is 11.9 Å². The number of aromatic carboxylic acids is 1. The van der Waals surface area contributed by atoms with Crippen LogP contribution in [0.2, 0.25) is 0 Å². The number of carbonyl (C=O) groups is 2. The van der Waals surface area contributed by atoms with Gasteiger partial charge in [0.2, 0.25) is 0 Å². The lowest BCUT2D eigenvalue weighted by molar-refractivity contribution is -0.153. The van der Waals surface area contributed by atoms with Crippen LogP contribution in [0.4, 0.5) is 8.78 Å². The van der Waals surface area contributed by atoms with Crippen LogP contribution in [0, 0.1) is 23.2 Å². The molecule has 1 aliphatic heterocycles. The van der Waals surface area contributed by atoms with Crippen molar-refractivity contribution in [3.63, 3.8) is 0 Å². The Labute approximate surface area is 226 Å². The van der Waals surface area contributed by atoms with Crippen LogP contribution in [0.3, 0.4) is 0 Å². The highest BCUT2D eigenvalue weighted by atomic mass is 19.3. The van der Waals surface area contributed by atoms with Gasteiger partial charge in [0.1, 0.15) is 0 Å². The van der Waals surface area contributed by atoms with Gasteiger partial charge in [-0.1, -0.05) is 58.9 Å². The van der Waals surface area contributed by atoms with Crippen molar-refractivity contribution in [2.24, 2.45) is 11.3 Å². The number of aliphatic hydroxyl groups excluding tert-OH is 1. The molecule has 1 aliphatic rings. The zero-order valence-electron chi connectivity index (χ0n) is 23.9. The SMILES string of the molecule is CC#CC[C@H](C)[C@H](O)/C=C/C(C)(C)C1CC(F)(F)C(=O)N1C(C)(C)CCC(C)(C)c1ccc(C(=O)O)cc1. The average molecular weight is 532 g/mol. The van der Waals surface area contributed by atoms with Gasteiger partial charge in [-0.3, -0.25) is 4.79 Å². The standard InChI is InChI=1S/C31H43F2NO4/c1-9-10-11-21(2)24(35)16-17-29(5,6)25-20-31(32,33)27(38)34(25)30(7,8)19-18-28(3,4)23-14-12-22(13-15-23)26(36)37/h12-17,21,24-25,35H,11,18-20H2,1-8H3,(H,36,37)/b17-16+/t21-,24+,25?/m0/s1. The number of halogens is 2. The topological polar surface area (TPSA) is 77.8 Å². The molecule has 7 heteroatoms. The van der Waals surface area contributed by atoms with E-state index in [4.69, 9.17) is 0 Å². The largest absolute Gasteiger partial charge is 0.478 e. The Kier molecular flexibility index (Phi) is 9.59. The summed E-state index contributed by atoms with van der Waals surface area (Å²) in [4.78, 5) is 25.6. The molecule has 38 heavy (non-hydrogen) atoms. The van der Waals surface area contributed by atoms with Crippen molar-refractivity contribution < 1.29 is 28.6 Å². The summed E-state index contributed by atoms with van der Waals surface area (Å²) in [6, 6.07) is 5.92. The maximum atomic E-state index is 14.9. The van der Waals surface area contributed by atoms with E-state index in [9.17, 15) is 28.6 Å².